The van der Waals surface area contributed by atoms with Gasteiger partial charge in [0.2, 0.25) is 0 Å². The lowest BCUT2D eigenvalue weighted by Gasteiger charge is -2.10. The van der Waals surface area contributed by atoms with Crippen molar-refractivity contribution in [1.29, 1.82) is 0 Å². The van der Waals surface area contributed by atoms with Gasteiger partial charge >= 0.3 is 0 Å². The highest BCUT2D eigenvalue weighted by molar-refractivity contribution is 6.05. The second-order valence-electron chi connectivity index (χ2n) is 5.73. The average Bonchev–Trinajstić information content (AvgIpc) is 2.81. The largest absolute Gasteiger partial charge is 0.490 e. The molecule has 2 aromatic carbocycles. The predicted molar refractivity (Wildman–Crippen MR) is 84.1 cm³/mol. The smallest absolute Gasteiger partial charge is 0.255 e. The topological polar surface area (TPSA) is 38.3 Å². The first-order valence-electron chi connectivity index (χ1n) is 7.21. The fourth-order valence-corrected chi connectivity index (χ4v) is 2.63. The van der Waals surface area contributed by atoms with Crippen molar-refractivity contribution < 1.29 is 9.53 Å². The van der Waals surface area contributed by atoms with Gasteiger partial charge in [-0.1, -0.05) is 12.1 Å². The Morgan fingerprint density at radius 3 is 2.81 bits per heavy atom. The lowest BCUT2D eigenvalue weighted by Crippen LogP contribution is -2.13. The second-order valence-corrected chi connectivity index (χ2v) is 5.73. The van der Waals surface area contributed by atoms with Crippen LogP contribution in [0.4, 0.5) is 5.69 Å². The van der Waals surface area contributed by atoms with E-state index >= 15 is 0 Å². The molecule has 1 aliphatic heterocycles. The number of anilines is 1. The molecular formula is C18H19NO2. The van der Waals surface area contributed by atoms with Gasteiger partial charge in [0.25, 0.3) is 5.91 Å². The molecule has 1 atom stereocenters. The van der Waals surface area contributed by atoms with Gasteiger partial charge in [-0.05, 0) is 61.7 Å². The zero-order chi connectivity index (χ0) is 15.0. The molecule has 0 aromatic heterocycles. The number of benzene rings is 2. The number of hydrogen-bond donors (Lipinski definition) is 1. The van der Waals surface area contributed by atoms with Crippen LogP contribution in [0.5, 0.6) is 5.75 Å². The van der Waals surface area contributed by atoms with Crippen LogP contribution < -0.4 is 10.1 Å². The molecule has 0 aliphatic carbocycles. The van der Waals surface area contributed by atoms with Crippen molar-refractivity contribution >= 4 is 11.6 Å². The summed E-state index contributed by atoms with van der Waals surface area (Å²) in [4.78, 5) is 12.4. The number of hydrogen-bond acceptors (Lipinski definition) is 2. The number of amides is 1. The van der Waals surface area contributed by atoms with Crippen LogP contribution in [-0.4, -0.2) is 12.0 Å². The summed E-state index contributed by atoms with van der Waals surface area (Å²) in [5.41, 5.74) is 4.84. The van der Waals surface area contributed by atoms with E-state index in [0.29, 0.717) is 5.56 Å². The first-order valence-corrected chi connectivity index (χ1v) is 7.21. The molecule has 1 aliphatic rings. The zero-order valence-corrected chi connectivity index (χ0v) is 12.6. The third-order valence-corrected chi connectivity index (χ3v) is 3.80. The van der Waals surface area contributed by atoms with E-state index in [0.717, 1.165) is 34.5 Å². The number of carbonyl (C=O) groups is 1. The van der Waals surface area contributed by atoms with Gasteiger partial charge < -0.3 is 10.1 Å². The Kier molecular flexibility index (Phi) is 3.42. The molecule has 1 heterocycles. The van der Waals surface area contributed by atoms with Crippen molar-refractivity contribution in [3.05, 3.63) is 58.7 Å². The average molecular weight is 281 g/mol. The van der Waals surface area contributed by atoms with Crippen LogP contribution in [0.25, 0.3) is 0 Å². The summed E-state index contributed by atoms with van der Waals surface area (Å²) in [5, 5.41) is 2.99. The minimum Gasteiger partial charge on any atom is -0.490 e. The van der Waals surface area contributed by atoms with Gasteiger partial charge in [0.05, 0.1) is 0 Å². The maximum atomic E-state index is 12.4. The van der Waals surface area contributed by atoms with E-state index in [9.17, 15) is 4.79 Å². The Bertz CT molecular complexity index is 706. The number of nitrogens with one attached hydrogen (secondary N) is 1. The number of aryl methyl sites for hydroxylation is 2. The van der Waals surface area contributed by atoms with Crippen LogP contribution in [0, 0.1) is 13.8 Å². The van der Waals surface area contributed by atoms with E-state index in [1.54, 1.807) is 0 Å². The van der Waals surface area contributed by atoms with E-state index < -0.39 is 0 Å². The minimum absolute atomic E-state index is 0.0777. The lowest BCUT2D eigenvalue weighted by molar-refractivity contribution is 0.102. The molecule has 21 heavy (non-hydrogen) atoms. The molecule has 0 radical (unpaired) electrons. The second kappa shape index (κ2) is 5.24. The molecule has 3 nitrogen and oxygen atoms in total. The SMILES string of the molecule is Cc1ccc(C)c(NC(=O)c2ccc3c(c2)C[C@H](C)O3)c1. The molecule has 0 fully saturated rings. The molecule has 0 spiro atoms. The fourth-order valence-electron chi connectivity index (χ4n) is 2.63. The number of fused-ring (bicyclic) bond motifs is 1. The Morgan fingerprint density at radius 2 is 2.00 bits per heavy atom. The van der Waals surface area contributed by atoms with Gasteiger partial charge in [0, 0.05) is 17.7 Å². The van der Waals surface area contributed by atoms with E-state index in [4.69, 9.17) is 4.74 Å². The van der Waals surface area contributed by atoms with Crippen LogP contribution in [0.2, 0.25) is 0 Å². The Hall–Kier alpha value is -2.29. The Balaban J connectivity index is 1.83. The summed E-state index contributed by atoms with van der Waals surface area (Å²) in [5.74, 6) is 0.817. The highest BCUT2D eigenvalue weighted by Crippen LogP contribution is 2.29. The van der Waals surface area contributed by atoms with Crippen molar-refractivity contribution in [1.82, 2.24) is 0 Å². The van der Waals surface area contributed by atoms with Gasteiger partial charge in [0.15, 0.2) is 0 Å². The predicted octanol–water partition coefficient (Wildman–Crippen LogP) is 3.88. The van der Waals surface area contributed by atoms with E-state index in [2.05, 4.69) is 5.32 Å². The Morgan fingerprint density at radius 1 is 1.19 bits per heavy atom. The van der Waals surface area contributed by atoms with Crippen molar-refractivity contribution in [2.45, 2.75) is 33.3 Å². The minimum atomic E-state index is -0.0777. The first kappa shape index (κ1) is 13.7. The summed E-state index contributed by atoms with van der Waals surface area (Å²) >= 11 is 0. The molecule has 108 valence electrons. The first-order chi connectivity index (χ1) is 10.0. The highest BCUT2D eigenvalue weighted by atomic mass is 16.5. The Labute approximate surface area is 124 Å². The summed E-state index contributed by atoms with van der Waals surface area (Å²) in [7, 11) is 0. The lowest BCUT2D eigenvalue weighted by atomic mass is 10.1. The molecule has 3 heteroatoms. The molecule has 1 amide bonds. The van der Waals surface area contributed by atoms with Gasteiger partial charge in [-0.2, -0.15) is 0 Å². The maximum absolute atomic E-state index is 12.4. The summed E-state index contributed by atoms with van der Waals surface area (Å²) in [6.07, 6.45) is 1.05. The maximum Gasteiger partial charge on any atom is 0.255 e. The molecule has 0 unspecified atom stereocenters. The van der Waals surface area contributed by atoms with Crippen LogP contribution in [0.15, 0.2) is 36.4 Å². The quantitative estimate of drug-likeness (QED) is 0.907. The van der Waals surface area contributed by atoms with Gasteiger partial charge in [-0.25, -0.2) is 0 Å². The molecular weight excluding hydrogens is 262 g/mol. The van der Waals surface area contributed by atoms with E-state index in [-0.39, 0.29) is 12.0 Å². The zero-order valence-electron chi connectivity index (χ0n) is 12.6. The third kappa shape index (κ3) is 2.77. The standard InChI is InChI=1S/C18H19NO2/c1-11-4-5-12(2)16(8-11)19-18(20)14-6-7-17-15(10-14)9-13(3)21-17/h4-8,10,13H,9H2,1-3H3,(H,19,20)/t13-/m0/s1. The molecule has 0 saturated carbocycles. The van der Waals surface area contributed by atoms with Gasteiger partial charge in [0.1, 0.15) is 11.9 Å². The van der Waals surface area contributed by atoms with Crippen LogP contribution in [0.3, 0.4) is 0 Å². The van der Waals surface area contributed by atoms with Crippen LogP contribution in [-0.2, 0) is 6.42 Å². The van der Waals surface area contributed by atoms with E-state index in [1.165, 1.54) is 0 Å². The van der Waals surface area contributed by atoms with Crippen LogP contribution >= 0.6 is 0 Å². The highest BCUT2D eigenvalue weighted by Gasteiger charge is 2.20. The van der Waals surface area contributed by atoms with Crippen molar-refractivity contribution in [2.24, 2.45) is 0 Å². The molecule has 1 N–H and O–H groups in total. The number of rotatable bonds is 2. The van der Waals surface area contributed by atoms with E-state index in [1.807, 2.05) is 57.2 Å². The normalized spacial score (nSPS) is 16.2. The summed E-state index contributed by atoms with van der Waals surface area (Å²) in [6, 6.07) is 11.7. The molecule has 0 bridgehead atoms. The van der Waals surface area contributed by atoms with Crippen molar-refractivity contribution in [2.75, 3.05) is 5.32 Å². The molecule has 0 saturated heterocycles. The third-order valence-electron chi connectivity index (χ3n) is 3.80. The van der Waals surface area contributed by atoms with Crippen LogP contribution in [0.1, 0.15) is 34.0 Å². The molecule has 2 aromatic rings. The summed E-state index contributed by atoms with van der Waals surface area (Å²) < 4.78 is 5.66. The number of carbonyl (C=O) groups excluding carboxylic acids is 1. The van der Waals surface area contributed by atoms with Crippen molar-refractivity contribution in [3.63, 3.8) is 0 Å². The fraction of sp³-hybridized carbons (Fsp3) is 0.278. The monoisotopic (exact) mass is 281 g/mol. The summed E-state index contributed by atoms with van der Waals surface area (Å²) in [6.45, 7) is 6.05. The molecule has 3 rings (SSSR count). The number of ether oxygens (including phenoxy) is 1. The van der Waals surface area contributed by atoms with Gasteiger partial charge in [-0.15, -0.1) is 0 Å². The van der Waals surface area contributed by atoms with Gasteiger partial charge in [-0.3, -0.25) is 4.79 Å². The van der Waals surface area contributed by atoms with Crippen molar-refractivity contribution in [3.8, 4) is 5.75 Å².